The van der Waals surface area contributed by atoms with Crippen LogP contribution in [-0.4, -0.2) is 11.6 Å². The van der Waals surface area contributed by atoms with E-state index in [0.29, 0.717) is 0 Å². The summed E-state index contributed by atoms with van der Waals surface area (Å²) in [5.41, 5.74) is 7.75. The molecule has 1 amide bonds. The summed E-state index contributed by atoms with van der Waals surface area (Å²) in [5.74, 6) is -0.0714. The Morgan fingerprint density at radius 3 is 2.57 bits per heavy atom. The first kappa shape index (κ1) is 12.8. The molecule has 4 rings (SSSR count). The molecule has 2 aliphatic rings. The molecular weight excluding hydrogens is 280 g/mol. The van der Waals surface area contributed by atoms with Gasteiger partial charge in [-0.05, 0) is 42.0 Å². The van der Waals surface area contributed by atoms with Crippen LogP contribution in [0.5, 0.6) is 0 Å². The van der Waals surface area contributed by atoms with Gasteiger partial charge in [0.2, 0.25) is 0 Å². The molecule has 21 heavy (non-hydrogen) atoms. The number of amides is 1. The van der Waals surface area contributed by atoms with Gasteiger partial charge in [0.1, 0.15) is 0 Å². The minimum Gasteiger partial charge on any atom is -0.266 e. The Kier molecular flexibility index (Phi) is 3.11. The smallest absolute Gasteiger partial charge is 0.266 e. The number of carbonyl (C=O) groups excluding carboxylic acids is 1. The number of carbonyl (C=O) groups is 1. The number of rotatable bonds is 2. The van der Waals surface area contributed by atoms with Crippen molar-refractivity contribution in [3.63, 3.8) is 0 Å². The zero-order chi connectivity index (χ0) is 14.2. The van der Waals surface area contributed by atoms with Gasteiger partial charge in [0, 0.05) is 23.4 Å². The molecule has 4 heteroatoms. The number of hydrazone groups is 1. The number of aryl methyl sites for hydroxylation is 2. The van der Waals surface area contributed by atoms with E-state index in [1.807, 2.05) is 18.2 Å². The van der Waals surface area contributed by atoms with Crippen LogP contribution in [0.2, 0.25) is 0 Å². The zero-order valence-electron chi connectivity index (χ0n) is 11.7. The third-order valence-corrected chi connectivity index (χ3v) is 5.43. The number of nitrogens with zero attached hydrogens (tertiary/aromatic N) is 1. The second-order valence-electron chi connectivity index (χ2n) is 5.65. The van der Waals surface area contributed by atoms with E-state index in [4.69, 9.17) is 0 Å². The van der Waals surface area contributed by atoms with Gasteiger partial charge in [-0.2, -0.15) is 5.10 Å². The van der Waals surface area contributed by atoms with Crippen LogP contribution in [0.3, 0.4) is 0 Å². The first-order chi connectivity index (χ1) is 10.3. The van der Waals surface area contributed by atoms with Gasteiger partial charge >= 0.3 is 0 Å². The Morgan fingerprint density at radius 1 is 1.10 bits per heavy atom. The molecule has 0 spiro atoms. The van der Waals surface area contributed by atoms with Gasteiger partial charge in [0.25, 0.3) is 5.91 Å². The fraction of sp³-hybridized carbons (Fsp3) is 0.294. The van der Waals surface area contributed by atoms with Gasteiger partial charge in [0.05, 0.1) is 4.88 Å². The first-order valence-electron chi connectivity index (χ1n) is 7.34. The highest BCUT2D eigenvalue weighted by Crippen LogP contribution is 2.30. The molecule has 1 aromatic carbocycles. The SMILES string of the molecule is O=C(NN=C1Cc2ccccc2C1)c1cc2c(s1)CCC2. The lowest BCUT2D eigenvalue weighted by molar-refractivity contribution is 0.0958. The van der Waals surface area contributed by atoms with Crippen molar-refractivity contribution < 1.29 is 4.79 Å². The fourth-order valence-electron chi connectivity index (χ4n) is 3.11. The number of benzene rings is 1. The molecule has 0 radical (unpaired) electrons. The summed E-state index contributed by atoms with van der Waals surface area (Å²) in [5, 5.41) is 4.32. The molecule has 0 saturated heterocycles. The van der Waals surface area contributed by atoms with Gasteiger partial charge in [-0.3, -0.25) is 4.79 Å². The van der Waals surface area contributed by atoms with E-state index in [1.165, 1.54) is 28.0 Å². The molecule has 1 heterocycles. The highest BCUT2D eigenvalue weighted by atomic mass is 32.1. The highest BCUT2D eigenvalue weighted by Gasteiger charge is 2.19. The Morgan fingerprint density at radius 2 is 1.86 bits per heavy atom. The number of thiophene rings is 1. The Labute approximate surface area is 127 Å². The molecule has 0 unspecified atom stereocenters. The van der Waals surface area contributed by atoms with E-state index in [-0.39, 0.29) is 5.91 Å². The van der Waals surface area contributed by atoms with Crippen LogP contribution in [0.4, 0.5) is 0 Å². The summed E-state index contributed by atoms with van der Waals surface area (Å²) in [6.07, 6.45) is 5.15. The topological polar surface area (TPSA) is 41.5 Å². The Balaban J connectivity index is 1.45. The largest absolute Gasteiger partial charge is 0.281 e. The maximum atomic E-state index is 12.2. The van der Waals surface area contributed by atoms with Gasteiger partial charge in [-0.15, -0.1) is 11.3 Å². The molecule has 0 aliphatic heterocycles. The van der Waals surface area contributed by atoms with Crippen LogP contribution in [0, 0.1) is 0 Å². The lowest BCUT2D eigenvalue weighted by atomic mass is 10.1. The Hall–Kier alpha value is -1.94. The minimum atomic E-state index is -0.0714. The molecule has 1 N–H and O–H groups in total. The fourth-order valence-corrected chi connectivity index (χ4v) is 4.25. The van der Waals surface area contributed by atoms with Crippen molar-refractivity contribution in [2.75, 3.05) is 0 Å². The molecule has 0 fully saturated rings. The maximum Gasteiger partial charge on any atom is 0.281 e. The average molecular weight is 296 g/mol. The van der Waals surface area contributed by atoms with Crippen LogP contribution in [0.25, 0.3) is 0 Å². The van der Waals surface area contributed by atoms with Crippen molar-refractivity contribution in [2.45, 2.75) is 32.1 Å². The monoisotopic (exact) mass is 296 g/mol. The summed E-state index contributed by atoms with van der Waals surface area (Å²) < 4.78 is 0. The number of nitrogens with one attached hydrogen (secondary N) is 1. The molecule has 0 saturated carbocycles. The van der Waals surface area contributed by atoms with Gasteiger partial charge in [-0.25, -0.2) is 5.43 Å². The second kappa shape index (κ2) is 5.11. The number of hydrogen-bond acceptors (Lipinski definition) is 3. The summed E-state index contributed by atoms with van der Waals surface area (Å²) >= 11 is 1.62. The summed E-state index contributed by atoms with van der Waals surface area (Å²) in [6.45, 7) is 0. The van der Waals surface area contributed by atoms with E-state index < -0.39 is 0 Å². The second-order valence-corrected chi connectivity index (χ2v) is 6.79. The molecule has 0 atom stereocenters. The van der Waals surface area contributed by atoms with Crippen molar-refractivity contribution in [3.05, 3.63) is 56.8 Å². The van der Waals surface area contributed by atoms with Gasteiger partial charge in [-0.1, -0.05) is 24.3 Å². The third-order valence-electron chi connectivity index (χ3n) is 4.19. The number of hydrogen-bond donors (Lipinski definition) is 1. The van der Waals surface area contributed by atoms with Crippen LogP contribution in [0.15, 0.2) is 35.4 Å². The van der Waals surface area contributed by atoms with Crippen molar-refractivity contribution in [1.82, 2.24) is 5.43 Å². The standard InChI is InChI=1S/C17H16N2OS/c20-17(16-10-13-6-3-7-15(13)21-16)19-18-14-8-11-4-1-2-5-12(11)9-14/h1-2,4-5,10H,3,6-9H2,(H,19,20). The lowest BCUT2D eigenvalue weighted by Gasteiger charge is -1.99. The first-order valence-corrected chi connectivity index (χ1v) is 8.15. The summed E-state index contributed by atoms with van der Waals surface area (Å²) in [7, 11) is 0. The van der Waals surface area contributed by atoms with E-state index >= 15 is 0 Å². The van der Waals surface area contributed by atoms with Crippen LogP contribution < -0.4 is 5.43 Å². The highest BCUT2D eigenvalue weighted by molar-refractivity contribution is 7.14. The van der Waals surface area contributed by atoms with E-state index in [9.17, 15) is 4.79 Å². The predicted octanol–water partition coefficient (Wildman–Crippen LogP) is 3.12. The molecule has 3 nitrogen and oxygen atoms in total. The van der Waals surface area contributed by atoms with Crippen molar-refractivity contribution >= 4 is 23.0 Å². The quantitative estimate of drug-likeness (QED) is 0.850. The van der Waals surface area contributed by atoms with E-state index in [1.54, 1.807) is 11.3 Å². The Bertz CT molecular complexity index is 696. The zero-order valence-corrected chi connectivity index (χ0v) is 12.5. The van der Waals surface area contributed by atoms with Crippen molar-refractivity contribution in [1.29, 1.82) is 0 Å². The average Bonchev–Trinajstić information content (AvgIpc) is 3.17. The molecule has 106 valence electrons. The van der Waals surface area contributed by atoms with Gasteiger partial charge in [0.15, 0.2) is 0 Å². The van der Waals surface area contributed by atoms with Crippen LogP contribution in [-0.2, 0) is 25.7 Å². The van der Waals surface area contributed by atoms with Crippen LogP contribution >= 0.6 is 11.3 Å². The number of fused-ring (bicyclic) bond motifs is 2. The molecule has 2 aliphatic carbocycles. The normalized spacial score (nSPS) is 15.7. The van der Waals surface area contributed by atoms with Crippen molar-refractivity contribution in [3.8, 4) is 0 Å². The third kappa shape index (κ3) is 2.40. The molecule has 2 aromatic rings. The van der Waals surface area contributed by atoms with E-state index in [0.717, 1.165) is 36.3 Å². The molecular formula is C17H16N2OS. The lowest BCUT2D eigenvalue weighted by Crippen LogP contribution is -2.18. The predicted molar refractivity (Wildman–Crippen MR) is 85.1 cm³/mol. The summed E-state index contributed by atoms with van der Waals surface area (Å²) in [6, 6.07) is 10.4. The minimum absolute atomic E-state index is 0.0714. The molecule has 1 aromatic heterocycles. The molecule has 0 bridgehead atoms. The van der Waals surface area contributed by atoms with E-state index in [2.05, 4.69) is 22.7 Å². The maximum absolute atomic E-state index is 12.2. The van der Waals surface area contributed by atoms with Crippen LogP contribution in [0.1, 0.15) is 37.7 Å². The van der Waals surface area contributed by atoms with Gasteiger partial charge < -0.3 is 0 Å². The van der Waals surface area contributed by atoms with Crippen molar-refractivity contribution in [2.24, 2.45) is 5.10 Å². The summed E-state index contributed by atoms with van der Waals surface area (Å²) in [4.78, 5) is 14.3.